The van der Waals surface area contributed by atoms with Crippen molar-refractivity contribution in [2.24, 2.45) is 17.6 Å². The van der Waals surface area contributed by atoms with E-state index in [4.69, 9.17) is 5.73 Å². The van der Waals surface area contributed by atoms with E-state index in [2.05, 4.69) is 32.8 Å². The van der Waals surface area contributed by atoms with Gasteiger partial charge in [-0.2, -0.15) is 0 Å². The molecule has 3 unspecified atom stereocenters. The first-order valence-electron chi connectivity index (χ1n) is 7.64. The maximum Gasteiger partial charge on any atom is 0.225 e. The van der Waals surface area contributed by atoms with Gasteiger partial charge >= 0.3 is 0 Å². The molecule has 4 nitrogen and oxygen atoms in total. The van der Waals surface area contributed by atoms with Crippen LogP contribution in [-0.4, -0.2) is 55.5 Å². The zero-order valence-corrected chi connectivity index (χ0v) is 13.1. The first kappa shape index (κ1) is 16.4. The first-order valence-corrected chi connectivity index (χ1v) is 7.64. The molecule has 0 heterocycles. The molecule has 0 aromatic heterocycles. The van der Waals surface area contributed by atoms with Gasteiger partial charge in [0.2, 0.25) is 5.91 Å². The summed E-state index contributed by atoms with van der Waals surface area (Å²) in [6.45, 7) is 6.98. The highest BCUT2D eigenvalue weighted by molar-refractivity contribution is 5.79. The minimum absolute atomic E-state index is 0.142. The van der Waals surface area contributed by atoms with Crippen molar-refractivity contribution in [1.82, 2.24) is 9.80 Å². The van der Waals surface area contributed by atoms with Gasteiger partial charge in [0.1, 0.15) is 0 Å². The van der Waals surface area contributed by atoms with E-state index in [0.717, 1.165) is 45.3 Å². The van der Waals surface area contributed by atoms with E-state index >= 15 is 0 Å². The third kappa shape index (κ3) is 5.11. The lowest BCUT2D eigenvalue weighted by molar-refractivity contribution is -0.138. The molecule has 0 saturated heterocycles. The summed E-state index contributed by atoms with van der Waals surface area (Å²) in [5.41, 5.74) is 6.03. The molecule has 3 atom stereocenters. The molecule has 0 aromatic carbocycles. The molecule has 1 aliphatic carbocycles. The highest BCUT2D eigenvalue weighted by Gasteiger charge is 2.33. The van der Waals surface area contributed by atoms with Crippen molar-refractivity contribution in [3.05, 3.63) is 0 Å². The Balaban J connectivity index is 2.51. The Labute approximate surface area is 118 Å². The Hall–Kier alpha value is -0.610. The van der Waals surface area contributed by atoms with Crippen molar-refractivity contribution in [1.29, 1.82) is 0 Å². The van der Waals surface area contributed by atoms with Crippen LogP contribution in [0.15, 0.2) is 0 Å². The van der Waals surface area contributed by atoms with Gasteiger partial charge < -0.3 is 15.5 Å². The fourth-order valence-electron chi connectivity index (χ4n) is 2.94. The molecule has 1 aliphatic rings. The molecule has 4 heteroatoms. The van der Waals surface area contributed by atoms with Crippen LogP contribution in [0.3, 0.4) is 0 Å². The van der Waals surface area contributed by atoms with Gasteiger partial charge in [0.25, 0.3) is 0 Å². The molecule has 1 amide bonds. The lowest BCUT2D eigenvalue weighted by Gasteiger charge is -2.35. The number of carbonyl (C=O) groups is 1. The van der Waals surface area contributed by atoms with Crippen LogP contribution >= 0.6 is 0 Å². The molecular weight excluding hydrogens is 238 g/mol. The number of nitrogens with two attached hydrogens (primary N) is 1. The number of rotatable bonds is 6. The smallest absolute Gasteiger partial charge is 0.225 e. The third-order valence-corrected chi connectivity index (χ3v) is 4.28. The van der Waals surface area contributed by atoms with E-state index < -0.39 is 0 Å². The van der Waals surface area contributed by atoms with Crippen LogP contribution in [-0.2, 0) is 4.79 Å². The van der Waals surface area contributed by atoms with Crippen LogP contribution in [0.4, 0.5) is 0 Å². The van der Waals surface area contributed by atoms with Crippen LogP contribution in [0.1, 0.15) is 39.5 Å². The van der Waals surface area contributed by atoms with E-state index in [-0.39, 0.29) is 12.0 Å². The fourth-order valence-corrected chi connectivity index (χ4v) is 2.94. The molecule has 0 spiro atoms. The van der Waals surface area contributed by atoms with E-state index in [0.29, 0.717) is 11.8 Å². The summed E-state index contributed by atoms with van der Waals surface area (Å²) in [6, 6.07) is 0.214. The Morgan fingerprint density at radius 1 is 1.26 bits per heavy atom. The molecular formula is C15H31N3O. The molecule has 2 N–H and O–H groups in total. The maximum absolute atomic E-state index is 12.6. The number of amides is 1. The van der Waals surface area contributed by atoms with Crippen molar-refractivity contribution < 1.29 is 4.79 Å². The highest BCUT2D eigenvalue weighted by atomic mass is 16.2. The van der Waals surface area contributed by atoms with Gasteiger partial charge in [0.15, 0.2) is 0 Å². The Kier molecular flexibility index (Phi) is 6.80. The van der Waals surface area contributed by atoms with Gasteiger partial charge in [0, 0.05) is 25.0 Å². The molecule has 112 valence electrons. The van der Waals surface area contributed by atoms with Gasteiger partial charge in [-0.05, 0) is 59.2 Å². The minimum Gasteiger partial charge on any atom is -0.343 e. The summed E-state index contributed by atoms with van der Waals surface area (Å²) >= 11 is 0. The summed E-state index contributed by atoms with van der Waals surface area (Å²) in [6.07, 6.45) is 4.06. The molecule has 0 aliphatic heterocycles. The van der Waals surface area contributed by atoms with E-state index in [1.165, 1.54) is 0 Å². The Morgan fingerprint density at radius 3 is 2.53 bits per heavy atom. The zero-order valence-electron chi connectivity index (χ0n) is 13.1. The zero-order chi connectivity index (χ0) is 14.4. The summed E-state index contributed by atoms with van der Waals surface area (Å²) in [4.78, 5) is 16.8. The molecule has 0 radical (unpaired) electrons. The normalized spacial score (nSPS) is 27.6. The second-order valence-corrected chi connectivity index (χ2v) is 6.23. The maximum atomic E-state index is 12.6. The van der Waals surface area contributed by atoms with Crippen LogP contribution in [0.5, 0.6) is 0 Å². The van der Waals surface area contributed by atoms with Crippen molar-refractivity contribution >= 4 is 5.91 Å². The second-order valence-electron chi connectivity index (χ2n) is 6.23. The monoisotopic (exact) mass is 269 g/mol. The van der Waals surface area contributed by atoms with Gasteiger partial charge in [-0.3, -0.25) is 4.79 Å². The Morgan fingerprint density at radius 2 is 1.95 bits per heavy atom. The van der Waals surface area contributed by atoms with Crippen LogP contribution in [0, 0.1) is 11.8 Å². The van der Waals surface area contributed by atoms with Crippen molar-refractivity contribution in [2.45, 2.75) is 45.6 Å². The fraction of sp³-hybridized carbons (Fsp3) is 0.933. The molecule has 0 aromatic rings. The number of carbonyl (C=O) groups excluding carboxylic acids is 1. The Bertz CT molecular complexity index is 281. The SMILES string of the molecule is CCN(CCCN(C)C)C(=O)C1CC(N)CCC1C. The minimum atomic E-state index is 0.142. The first-order chi connectivity index (χ1) is 8.95. The standard InChI is InChI=1S/C15H31N3O/c1-5-18(10-6-9-17(3)4)15(19)14-11-13(16)8-7-12(14)2/h12-14H,5-11,16H2,1-4H3. The lowest BCUT2D eigenvalue weighted by atomic mass is 9.77. The summed E-state index contributed by atoms with van der Waals surface area (Å²) in [5.74, 6) is 0.946. The summed E-state index contributed by atoms with van der Waals surface area (Å²) in [7, 11) is 4.14. The topological polar surface area (TPSA) is 49.6 Å². The third-order valence-electron chi connectivity index (χ3n) is 4.28. The number of nitrogens with zero attached hydrogens (tertiary/aromatic N) is 2. The number of hydrogen-bond acceptors (Lipinski definition) is 3. The largest absolute Gasteiger partial charge is 0.343 e. The van der Waals surface area contributed by atoms with Crippen molar-refractivity contribution in [3.63, 3.8) is 0 Å². The molecule has 0 bridgehead atoms. The molecule has 19 heavy (non-hydrogen) atoms. The highest BCUT2D eigenvalue weighted by Crippen LogP contribution is 2.30. The van der Waals surface area contributed by atoms with Crippen LogP contribution in [0.25, 0.3) is 0 Å². The molecule has 1 saturated carbocycles. The lowest BCUT2D eigenvalue weighted by Crippen LogP contribution is -2.44. The van der Waals surface area contributed by atoms with Crippen molar-refractivity contribution in [2.75, 3.05) is 33.7 Å². The predicted molar refractivity (Wildman–Crippen MR) is 79.9 cm³/mol. The van der Waals surface area contributed by atoms with Gasteiger partial charge in [-0.15, -0.1) is 0 Å². The summed E-state index contributed by atoms with van der Waals surface area (Å²) in [5, 5.41) is 0. The quantitative estimate of drug-likeness (QED) is 0.796. The van der Waals surface area contributed by atoms with Crippen molar-refractivity contribution in [3.8, 4) is 0 Å². The predicted octanol–water partition coefficient (Wildman–Crippen LogP) is 1.55. The average molecular weight is 269 g/mol. The van der Waals surface area contributed by atoms with Gasteiger partial charge in [-0.1, -0.05) is 6.92 Å². The summed E-state index contributed by atoms with van der Waals surface area (Å²) < 4.78 is 0. The van der Waals surface area contributed by atoms with E-state index in [9.17, 15) is 4.79 Å². The average Bonchev–Trinajstić information content (AvgIpc) is 2.36. The van der Waals surface area contributed by atoms with Crippen LogP contribution in [0.2, 0.25) is 0 Å². The second kappa shape index (κ2) is 7.85. The van der Waals surface area contributed by atoms with Gasteiger partial charge in [0.05, 0.1) is 0 Å². The van der Waals surface area contributed by atoms with E-state index in [1.807, 2.05) is 4.90 Å². The number of hydrogen-bond donors (Lipinski definition) is 1. The van der Waals surface area contributed by atoms with Gasteiger partial charge in [-0.25, -0.2) is 0 Å². The van der Waals surface area contributed by atoms with E-state index in [1.54, 1.807) is 0 Å². The molecule has 1 fully saturated rings. The molecule has 1 rings (SSSR count). The van der Waals surface area contributed by atoms with Crippen LogP contribution < -0.4 is 5.73 Å².